The second-order valence-corrected chi connectivity index (χ2v) is 7.60. The van der Waals surface area contributed by atoms with Crippen molar-refractivity contribution in [1.29, 1.82) is 5.26 Å². The van der Waals surface area contributed by atoms with E-state index in [9.17, 15) is 4.79 Å². The summed E-state index contributed by atoms with van der Waals surface area (Å²) in [5.41, 5.74) is 0.846. The molecular weight excluding hydrogens is 328 g/mol. The van der Waals surface area contributed by atoms with Crippen molar-refractivity contribution in [3.05, 3.63) is 41.2 Å². The fourth-order valence-corrected chi connectivity index (χ4v) is 3.75. The van der Waals surface area contributed by atoms with Crippen LogP contribution in [0.4, 0.5) is 0 Å². The van der Waals surface area contributed by atoms with Gasteiger partial charge in [-0.05, 0) is 36.8 Å². The number of hydrogen-bond donors (Lipinski definition) is 1. The summed E-state index contributed by atoms with van der Waals surface area (Å²) in [5, 5.41) is 16.3. The minimum absolute atomic E-state index is 0.0776. The number of carbonyl (C=O) groups excluding carboxylic acids is 1. The number of carbonyl (C=O) groups is 1. The van der Waals surface area contributed by atoms with Gasteiger partial charge in [0.25, 0.3) is 5.91 Å². The van der Waals surface area contributed by atoms with Crippen LogP contribution >= 0.6 is 0 Å². The van der Waals surface area contributed by atoms with Crippen LogP contribution in [-0.4, -0.2) is 44.1 Å². The van der Waals surface area contributed by atoms with E-state index in [-0.39, 0.29) is 17.7 Å². The molecule has 1 aliphatic heterocycles. The Morgan fingerprint density at radius 2 is 2.15 bits per heavy atom. The Morgan fingerprint density at radius 3 is 2.73 bits per heavy atom. The Morgan fingerprint density at radius 1 is 1.35 bits per heavy atom. The minimum Gasteiger partial charge on any atom is -0.336 e. The van der Waals surface area contributed by atoms with E-state index in [0.29, 0.717) is 29.6 Å². The largest absolute Gasteiger partial charge is 0.336 e. The summed E-state index contributed by atoms with van der Waals surface area (Å²) in [7, 11) is 0. The van der Waals surface area contributed by atoms with Gasteiger partial charge in [0, 0.05) is 31.1 Å². The van der Waals surface area contributed by atoms with Gasteiger partial charge >= 0.3 is 0 Å². The topological polar surface area (TPSA) is 98.6 Å². The molecule has 0 spiro atoms. The molecule has 7 nitrogen and oxygen atoms in total. The Bertz CT molecular complexity index is 846. The molecule has 2 aromatic rings. The van der Waals surface area contributed by atoms with E-state index >= 15 is 0 Å². The van der Waals surface area contributed by atoms with Gasteiger partial charge < -0.3 is 4.90 Å². The molecule has 2 aromatic heterocycles. The van der Waals surface area contributed by atoms with Crippen LogP contribution in [0.1, 0.15) is 66.2 Å². The summed E-state index contributed by atoms with van der Waals surface area (Å²) in [6.45, 7) is 5.51. The molecule has 1 saturated heterocycles. The number of nitriles is 1. The van der Waals surface area contributed by atoms with Crippen LogP contribution in [0.25, 0.3) is 0 Å². The van der Waals surface area contributed by atoms with E-state index in [2.05, 4.69) is 34.0 Å². The van der Waals surface area contributed by atoms with E-state index in [1.165, 1.54) is 19.0 Å². The molecule has 134 valence electrons. The first-order chi connectivity index (χ1) is 12.6. The number of amides is 1. The van der Waals surface area contributed by atoms with Crippen molar-refractivity contribution >= 4 is 5.91 Å². The van der Waals surface area contributed by atoms with Crippen LogP contribution in [0, 0.1) is 23.2 Å². The number of aromatic nitrogens is 4. The molecule has 3 heterocycles. The molecule has 2 aliphatic rings. The number of hydrogen-bond acceptors (Lipinski definition) is 5. The Labute approximate surface area is 152 Å². The quantitative estimate of drug-likeness (QED) is 0.913. The van der Waals surface area contributed by atoms with Gasteiger partial charge in [0.2, 0.25) is 0 Å². The summed E-state index contributed by atoms with van der Waals surface area (Å²) in [6, 6.07) is 5.29. The molecule has 26 heavy (non-hydrogen) atoms. The van der Waals surface area contributed by atoms with Gasteiger partial charge in [-0.15, -0.1) is 0 Å². The van der Waals surface area contributed by atoms with E-state index in [1.54, 1.807) is 12.1 Å². The number of rotatable bonds is 4. The normalized spacial score (nSPS) is 22.6. The van der Waals surface area contributed by atoms with E-state index in [0.717, 1.165) is 18.2 Å². The zero-order chi connectivity index (χ0) is 18.3. The number of nitrogens with one attached hydrogen (secondary N) is 1. The highest BCUT2D eigenvalue weighted by Crippen LogP contribution is 2.47. The first-order valence-corrected chi connectivity index (χ1v) is 9.14. The third kappa shape index (κ3) is 3.07. The molecule has 7 heteroatoms. The van der Waals surface area contributed by atoms with Crippen molar-refractivity contribution in [3.63, 3.8) is 0 Å². The maximum absolute atomic E-state index is 12.9. The lowest BCUT2D eigenvalue weighted by Gasteiger charge is -2.15. The molecule has 1 saturated carbocycles. The zero-order valence-electron chi connectivity index (χ0n) is 15.0. The highest BCUT2D eigenvalue weighted by Gasteiger charge is 2.45. The van der Waals surface area contributed by atoms with Crippen LogP contribution in [0.3, 0.4) is 0 Å². The molecular formula is C19H22N6O. The Kier molecular flexibility index (Phi) is 4.19. The second-order valence-electron chi connectivity index (χ2n) is 7.60. The average Bonchev–Trinajstić information content (AvgIpc) is 3.21. The second kappa shape index (κ2) is 6.52. The third-order valence-corrected chi connectivity index (χ3v) is 5.38. The molecule has 1 N–H and O–H groups in total. The summed E-state index contributed by atoms with van der Waals surface area (Å²) in [5.74, 6) is 3.21. The van der Waals surface area contributed by atoms with Crippen molar-refractivity contribution in [1.82, 2.24) is 25.1 Å². The maximum atomic E-state index is 12.9. The van der Waals surface area contributed by atoms with Gasteiger partial charge in [-0.2, -0.15) is 10.4 Å². The molecule has 2 atom stereocenters. The highest BCUT2D eigenvalue weighted by atomic mass is 16.2. The van der Waals surface area contributed by atoms with Crippen LogP contribution in [0.15, 0.2) is 18.3 Å². The highest BCUT2D eigenvalue weighted by molar-refractivity contribution is 5.92. The molecule has 4 rings (SSSR count). The number of nitrogens with zero attached hydrogens (tertiary/aromatic N) is 5. The molecule has 0 unspecified atom stereocenters. The summed E-state index contributed by atoms with van der Waals surface area (Å²) >= 11 is 0. The Balaban J connectivity index is 1.55. The molecule has 0 radical (unpaired) electrons. The van der Waals surface area contributed by atoms with Gasteiger partial charge in [-0.1, -0.05) is 13.8 Å². The molecule has 0 aromatic carbocycles. The monoisotopic (exact) mass is 350 g/mol. The van der Waals surface area contributed by atoms with Crippen molar-refractivity contribution in [2.75, 3.05) is 13.1 Å². The summed E-state index contributed by atoms with van der Waals surface area (Å²) in [6.07, 6.45) is 3.90. The van der Waals surface area contributed by atoms with Crippen LogP contribution in [0.2, 0.25) is 0 Å². The first kappa shape index (κ1) is 16.7. The number of likely N-dealkylation sites (tertiary alicyclic amines) is 1. The van der Waals surface area contributed by atoms with Crippen LogP contribution in [-0.2, 0) is 0 Å². The predicted octanol–water partition coefficient (Wildman–Crippen LogP) is 2.46. The van der Waals surface area contributed by atoms with E-state index in [4.69, 9.17) is 5.26 Å². The van der Waals surface area contributed by atoms with Gasteiger partial charge in [0.05, 0.1) is 5.56 Å². The van der Waals surface area contributed by atoms with Crippen molar-refractivity contribution in [3.8, 4) is 6.07 Å². The number of pyridine rings is 1. The number of H-pyrrole nitrogens is 1. The van der Waals surface area contributed by atoms with Gasteiger partial charge in [0.1, 0.15) is 17.6 Å². The third-order valence-electron chi connectivity index (χ3n) is 5.38. The smallest absolute Gasteiger partial charge is 0.272 e. The zero-order valence-corrected chi connectivity index (χ0v) is 15.0. The summed E-state index contributed by atoms with van der Waals surface area (Å²) in [4.78, 5) is 23.6. The van der Waals surface area contributed by atoms with E-state index < -0.39 is 0 Å². The molecule has 1 amide bonds. The van der Waals surface area contributed by atoms with Crippen molar-refractivity contribution in [2.45, 2.75) is 38.5 Å². The maximum Gasteiger partial charge on any atom is 0.272 e. The first-order valence-electron chi connectivity index (χ1n) is 9.14. The van der Waals surface area contributed by atoms with Crippen LogP contribution in [0.5, 0.6) is 0 Å². The van der Waals surface area contributed by atoms with Crippen LogP contribution < -0.4 is 0 Å². The van der Waals surface area contributed by atoms with Crippen molar-refractivity contribution in [2.24, 2.45) is 11.8 Å². The lowest BCUT2D eigenvalue weighted by atomic mass is 9.91. The standard InChI is InChI=1S/C19H22N6O/c1-11(2)17-22-18(24-23-17)15-10-25(9-14(15)13-4-5-13)19(26)16-6-3-12(7-20)8-21-16/h3,6,8,11,13-15H,4-5,9-10H2,1-2H3,(H,22,23,24)/t14-,15+/m1/s1. The average molecular weight is 350 g/mol. The fourth-order valence-electron chi connectivity index (χ4n) is 3.75. The minimum atomic E-state index is -0.0776. The van der Waals surface area contributed by atoms with Gasteiger partial charge in [-0.3, -0.25) is 9.89 Å². The lowest BCUT2D eigenvalue weighted by molar-refractivity contribution is 0.0779. The molecule has 2 fully saturated rings. The fraction of sp³-hybridized carbons (Fsp3) is 0.526. The van der Waals surface area contributed by atoms with E-state index in [1.807, 2.05) is 11.0 Å². The summed E-state index contributed by atoms with van der Waals surface area (Å²) < 4.78 is 0. The lowest BCUT2D eigenvalue weighted by Crippen LogP contribution is -2.29. The molecule has 1 aliphatic carbocycles. The molecule has 0 bridgehead atoms. The Hall–Kier alpha value is -2.75. The van der Waals surface area contributed by atoms with Gasteiger partial charge in [-0.25, -0.2) is 9.97 Å². The van der Waals surface area contributed by atoms with Gasteiger partial charge in [0.15, 0.2) is 5.82 Å². The number of aromatic amines is 1. The SMILES string of the molecule is CC(C)c1n[nH]c([C@H]2CN(C(=O)c3ccc(C#N)cn3)C[C@@H]2C2CC2)n1. The predicted molar refractivity (Wildman–Crippen MR) is 94.3 cm³/mol. The van der Waals surface area contributed by atoms with Crippen molar-refractivity contribution < 1.29 is 4.79 Å².